The van der Waals surface area contributed by atoms with Gasteiger partial charge in [0, 0.05) is 12.6 Å². The van der Waals surface area contributed by atoms with Gasteiger partial charge in [-0.15, -0.1) is 6.58 Å². The molecule has 26 heavy (non-hydrogen) atoms. The van der Waals surface area contributed by atoms with E-state index in [-0.39, 0.29) is 18.0 Å². The zero-order valence-corrected chi connectivity index (χ0v) is 15.2. The van der Waals surface area contributed by atoms with Gasteiger partial charge in [0.05, 0.1) is 6.67 Å². The number of nitrogens with zero attached hydrogens (tertiary/aromatic N) is 2. The van der Waals surface area contributed by atoms with Gasteiger partial charge in [0.2, 0.25) is 0 Å². The van der Waals surface area contributed by atoms with Gasteiger partial charge in [-0.25, -0.2) is 9.69 Å². The molecule has 1 aromatic carbocycles. The molecule has 5 heteroatoms. The second kappa shape index (κ2) is 6.88. The van der Waals surface area contributed by atoms with Gasteiger partial charge in [0.25, 0.3) is 5.91 Å². The Labute approximate surface area is 155 Å². The van der Waals surface area contributed by atoms with E-state index >= 15 is 0 Å². The van der Waals surface area contributed by atoms with Crippen molar-refractivity contribution in [3.63, 3.8) is 0 Å². The van der Waals surface area contributed by atoms with E-state index in [4.69, 9.17) is 0 Å². The van der Waals surface area contributed by atoms with Crippen molar-refractivity contribution < 1.29 is 9.59 Å². The Morgan fingerprint density at radius 1 is 1.23 bits per heavy atom. The van der Waals surface area contributed by atoms with E-state index in [9.17, 15) is 9.59 Å². The Morgan fingerprint density at radius 2 is 2.00 bits per heavy atom. The van der Waals surface area contributed by atoms with E-state index in [2.05, 4.69) is 41.1 Å². The summed E-state index contributed by atoms with van der Waals surface area (Å²) in [7, 11) is 0. The van der Waals surface area contributed by atoms with Gasteiger partial charge in [-0.05, 0) is 36.8 Å². The first-order chi connectivity index (χ1) is 12.6. The maximum atomic E-state index is 13.1. The molecule has 0 bridgehead atoms. The van der Waals surface area contributed by atoms with Crippen LogP contribution < -0.4 is 5.32 Å². The van der Waals surface area contributed by atoms with Crippen LogP contribution in [0, 0.1) is 0 Å². The largest absolute Gasteiger partial charge is 0.326 e. The molecule has 3 aliphatic rings. The molecule has 1 saturated carbocycles. The summed E-state index contributed by atoms with van der Waals surface area (Å²) in [6, 6.07) is 8.46. The third kappa shape index (κ3) is 2.84. The number of benzene rings is 1. The molecule has 1 aliphatic heterocycles. The van der Waals surface area contributed by atoms with Crippen LogP contribution >= 0.6 is 0 Å². The molecule has 3 amide bonds. The smallest absolute Gasteiger partial charge is 0.323 e. The lowest BCUT2D eigenvalue weighted by atomic mass is 9.82. The number of imide groups is 1. The molecule has 0 radical (unpaired) electrons. The van der Waals surface area contributed by atoms with Gasteiger partial charge < -0.3 is 5.32 Å². The van der Waals surface area contributed by atoms with Crippen molar-refractivity contribution in [1.29, 1.82) is 0 Å². The van der Waals surface area contributed by atoms with Crippen molar-refractivity contribution in [2.24, 2.45) is 0 Å². The lowest BCUT2D eigenvalue weighted by Gasteiger charge is -2.33. The van der Waals surface area contributed by atoms with Crippen LogP contribution in [0.1, 0.15) is 55.7 Å². The fourth-order valence-corrected chi connectivity index (χ4v) is 4.84. The Kier molecular flexibility index (Phi) is 4.57. The first kappa shape index (κ1) is 17.3. The van der Waals surface area contributed by atoms with Crippen molar-refractivity contribution in [3.05, 3.63) is 48.0 Å². The summed E-state index contributed by atoms with van der Waals surface area (Å²) in [6.45, 7) is 4.86. The van der Waals surface area contributed by atoms with E-state index < -0.39 is 5.54 Å². The molecular weight excluding hydrogens is 326 g/mol. The summed E-state index contributed by atoms with van der Waals surface area (Å²) in [5.74, 6) is -0.0393. The molecule has 4 rings (SSSR count). The summed E-state index contributed by atoms with van der Waals surface area (Å²) in [5, 5.41) is 3.01. The van der Waals surface area contributed by atoms with Crippen LogP contribution in [0.3, 0.4) is 0 Å². The number of carbonyl (C=O) groups is 2. The average Bonchev–Trinajstić information content (AvgIpc) is 3.17. The summed E-state index contributed by atoms with van der Waals surface area (Å²) in [4.78, 5) is 29.3. The fourth-order valence-electron chi connectivity index (χ4n) is 4.84. The predicted molar refractivity (Wildman–Crippen MR) is 100 cm³/mol. The summed E-state index contributed by atoms with van der Waals surface area (Å²) < 4.78 is 0. The van der Waals surface area contributed by atoms with E-state index in [1.165, 1.54) is 16.0 Å². The van der Waals surface area contributed by atoms with Crippen LogP contribution in [-0.4, -0.2) is 40.5 Å². The van der Waals surface area contributed by atoms with Gasteiger partial charge in [-0.1, -0.05) is 49.6 Å². The van der Waals surface area contributed by atoms with Crippen molar-refractivity contribution in [1.82, 2.24) is 15.1 Å². The van der Waals surface area contributed by atoms with Crippen LogP contribution in [0.2, 0.25) is 0 Å². The number of hydrogen-bond donors (Lipinski definition) is 1. The maximum Gasteiger partial charge on any atom is 0.326 e. The minimum Gasteiger partial charge on any atom is -0.323 e. The van der Waals surface area contributed by atoms with Gasteiger partial charge in [0.1, 0.15) is 5.54 Å². The third-order valence-corrected chi connectivity index (χ3v) is 6.18. The van der Waals surface area contributed by atoms with Gasteiger partial charge in [-0.2, -0.15) is 0 Å². The maximum absolute atomic E-state index is 13.1. The Morgan fingerprint density at radius 3 is 2.77 bits per heavy atom. The highest BCUT2D eigenvalue weighted by atomic mass is 16.2. The molecule has 1 saturated heterocycles. The second-order valence-electron chi connectivity index (χ2n) is 7.76. The number of rotatable bonds is 5. The van der Waals surface area contributed by atoms with Gasteiger partial charge in [-0.3, -0.25) is 9.69 Å². The van der Waals surface area contributed by atoms with E-state index in [1.807, 2.05) is 6.08 Å². The van der Waals surface area contributed by atoms with Crippen LogP contribution in [0.4, 0.5) is 4.79 Å². The topological polar surface area (TPSA) is 52.6 Å². The number of fused-ring (bicyclic) bond motifs is 1. The second-order valence-corrected chi connectivity index (χ2v) is 7.76. The standard InChI is InChI=1S/C21H27N3O2/c1-2-14-23(18-11-10-16-8-4-5-9-17(16)18)15-24-19(25)21(22-20(24)26)12-6-3-7-13-21/h2,4-5,8-9,18H,1,3,6-7,10-15H2,(H,22,26)/t18-/m1/s1. The highest BCUT2D eigenvalue weighted by molar-refractivity contribution is 6.07. The zero-order valence-electron chi connectivity index (χ0n) is 15.2. The minimum absolute atomic E-state index is 0.0393. The van der Waals surface area contributed by atoms with Crippen molar-refractivity contribution in [2.75, 3.05) is 13.2 Å². The van der Waals surface area contributed by atoms with Crippen LogP contribution in [0.25, 0.3) is 0 Å². The molecule has 2 aliphatic carbocycles. The quantitative estimate of drug-likeness (QED) is 0.652. The molecule has 1 atom stereocenters. The lowest BCUT2D eigenvalue weighted by molar-refractivity contribution is -0.134. The van der Waals surface area contributed by atoms with Crippen LogP contribution in [0.5, 0.6) is 0 Å². The molecule has 5 nitrogen and oxygen atoms in total. The number of amides is 3. The summed E-state index contributed by atoms with van der Waals surface area (Å²) >= 11 is 0. The first-order valence-electron chi connectivity index (χ1n) is 9.71. The van der Waals surface area contributed by atoms with Crippen LogP contribution in [0.15, 0.2) is 36.9 Å². The van der Waals surface area contributed by atoms with Crippen LogP contribution in [-0.2, 0) is 11.2 Å². The number of urea groups is 1. The number of aryl methyl sites for hydroxylation is 1. The molecule has 1 N–H and O–H groups in total. The Balaban J connectivity index is 1.55. The van der Waals surface area contributed by atoms with Crippen molar-refractivity contribution in [2.45, 2.75) is 56.5 Å². The Hall–Kier alpha value is -2.14. The SMILES string of the molecule is C=CCN(CN1C(=O)NC2(CCCCC2)C1=O)[C@@H]1CCc2ccccc21. The predicted octanol–water partition coefficient (Wildman–Crippen LogP) is 3.37. The molecule has 1 heterocycles. The molecule has 1 aromatic rings. The molecule has 1 spiro atoms. The fraction of sp³-hybridized carbons (Fsp3) is 0.524. The molecule has 0 unspecified atom stereocenters. The third-order valence-electron chi connectivity index (χ3n) is 6.18. The number of nitrogens with one attached hydrogen (secondary N) is 1. The van der Waals surface area contributed by atoms with E-state index in [0.29, 0.717) is 13.2 Å². The minimum atomic E-state index is -0.650. The normalized spacial score (nSPS) is 24.2. The lowest BCUT2D eigenvalue weighted by Crippen LogP contribution is -2.49. The summed E-state index contributed by atoms with van der Waals surface area (Å²) in [6.07, 6.45) is 8.60. The van der Waals surface area contributed by atoms with E-state index in [1.54, 1.807) is 0 Å². The number of carbonyl (C=O) groups excluding carboxylic acids is 2. The monoisotopic (exact) mass is 353 g/mol. The van der Waals surface area contributed by atoms with Crippen molar-refractivity contribution >= 4 is 11.9 Å². The average molecular weight is 353 g/mol. The first-order valence-corrected chi connectivity index (χ1v) is 9.71. The molecule has 0 aromatic heterocycles. The van der Waals surface area contributed by atoms with E-state index in [0.717, 1.165) is 44.9 Å². The number of hydrogen-bond acceptors (Lipinski definition) is 3. The highest BCUT2D eigenvalue weighted by Crippen LogP contribution is 2.37. The summed E-state index contributed by atoms with van der Waals surface area (Å²) in [5.41, 5.74) is 2.03. The Bertz CT molecular complexity index is 724. The van der Waals surface area contributed by atoms with Gasteiger partial charge in [0.15, 0.2) is 0 Å². The molecular formula is C21H27N3O2. The van der Waals surface area contributed by atoms with Crippen molar-refractivity contribution in [3.8, 4) is 0 Å². The molecule has 2 fully saturated rings. The highest BCUT2D eigenvalue weighted by Gasteiger charge is 2.51. The zero-order chi connectivity index (χ0) is 18.1. The van der Waals surface area contributed by atoms with Gasteiger partial charge >= 0.3 is 6.03 Å². The molecule has 138 valence electrons.